The van der Waals surface area contributed by atoms with Gasteiger partial charge in [0.15, 0.2) is 11.5 Å². The highest BCUT2D eigenvalue weighted by molar-refractivity contribution is 6.11. The fourth-order valence-electron chi connectivity index (χ4n) is 9.32. The van der Waals surface area contributed by atoms with Crippen LogP contribution in [0.5, 0.6) is 28.7 Å². The third-order valence-electron chi connectivity index (χ3n) is 12.7. The van der Waals surface area contributed by atoms with Gasteiger partial charge >= 0.3 is 0 Å². The monoisotopic (exact) mass is 679 g/mol. The summed E-state index contributed by atoms with van der Waals surface area (Å²) in [6.45, 7) is 18.3. The lowest BCUT2D eigenvalue weighted by atomic mass is 9.74. The van der Waals surface area contributed by atoms with E-state index in [1.54, 1.807) is 4.90 Å². The van der Waals surface area contributed by atoms with E-state index in [0.717, 1.165) is 33.9 Å². The Labute approximate surface area is 299 Å². The Morgan fingerprint density at radius 1 is 0.608 bits per heavy atom. The van der Waals surface area contributed by atoms with Crippen LogP contribution in [0.3, 0.4) is 0 Å². The number of phenols is 5. The molecule has 6 nitrogen and oxygen atoms in total. The fourth-order valence-corrected chi connectivity index (χ4v) is 9.32. The summed E-state index contributed by atoms with van der Waals surface area (Å²) in [6.07, 6.45) is 7.78. The first-order valence-electron chi connectivity index (χ1n) is 17.7. The highest BCUT2D eigenvalue weighted by Crippen LogP contribution is 2.62. The van der Waals surface area contributed by atoms with Crippen molar-refractivity contribution in [2.24, 2.45) is 5.92 Å². The topological polar surface area (TPSA) is 104 Å². The molecule has 3 aliphatic carbocycles. The van der Waals surface area contributed by atoms with Gasteiger partial charge in [-0.2, -0.15) is 0 Å². The summed E-state index contributed by atoms with van der Waals surface area (Å²) in [5.41, 5.74) is 12.5. The van der Waals surface area contributed by atoms with Crippen molar-refractivity contribution >= 4 is 33.4 Å². The molecule has 0 aliphatic heterocycles. The van der Waals surface area contributed by atoms with E-state index in [9.17, 15) is 25.5 Å². The van der Waals surface area contributed by atoms with Gasteiger partial charge in [-0.3, -0.25) is 0 Å². The van der Waals surface area contributed by atoms with Gasteiger partial charge in [-0.05, 0) is 137 Å². The van der Waals surface area contributed by atoms with Crippen LogP contribution in [0.25, 0.3) is 27.5 Å². The molecule has 3 aliphatic rings. The van der Waals surface area contributed by atoms with Crippen molar-refractivity contribution in [2.75, 3.05) is 4.90 Å². The molecule has 0 spiro atoms. The maximum absolute atomic E-state index is 11.8. The van der Waals surface area contributed by atoms with E-state index in [1.807, 2.05) is 39.8 Å². The summed E-state index contributed by atoms with van der Waals surface area (Å²) >= 11 is 0. The van der Waals surface area contributed by atoms with Crippen LogP contribution in [0.4, 0.5) is 17.1 Å². The van der Waals surface area contributed by atoms with Gasteiger partial charge < -0.3 is 30.4 Å². The van der Waals surface area contributed by atoms with E-state index in [-0.39, 0.29) is 28.2 Å². The van der Waals surface area contributed by atoms with Crippen molar-refractivity contribution in [1.29, 1.82) is 0 Å². The largest absolute Gasteiger partial charge is 0.507 e. The molecule has 8 rings (SSSR count). The number of benzene rings is 5. The van der Waals surface area contributed by atoms with E-state index >= 15 is 0 Å². The van der Waals surface area contributed by atoms with E-state index in [0.29, 0.717) is 28.4 Å². The Morgan fingerprint density at radius 3 is 1.90 bits per heavy atom. The summed E-state index contributed by atoms with van der Waals surface area (Å²) < 4.78 is 0. The number of allylic oxidation sites excluding steroid dienone is 4. The average Bonchev–Trinajstić information content (AvgIpc) is 3.48. The number of anilines is 3. The minimum Gasteiger partial charge on any atom is -0.507 e. The van der Waals surface area contributed by atoms with Gasteiger partial charge in [0.1, 0.15) is 17.2 Å². The molecule has 5 N–H and O–H groups in total. The molecule has 6 heteroatoms. The summed E-state index contributed by atoms with van der Waals surface area (Å²) in [5.74, 6) is -1.69. The lowest BCUT2D eigenvalue weighted by Crippen LogP contribution is -2.23. The third-order valence-corrected chi connectivity index (χ3v) is 12.7. The summed E-state index contributed by atoms with van der Waals surface area (Å²) in [4.78, 5) is 1.80. The Balaban J connectivity index is 1.50. The molecule has 51 heavy (non-hydrogen) atoms. The normalized spacial score (nSPS) is 17.6. The fraction of sp³-hybridized carbons (Fsp3) is 0.289. The van der Waals surface area contributed by atoms with E-state index in [1.165, 1.54) is 40.3 Å². The van der Waals surface area contributed by atoms with Crippen LogP contribution in [-0.4, -0.2) is 25.5 Å². The molecule has 260 valence electrons. The van der Waals surface area contributed by atoms with Crippen molar-refractivity contribution in [1.82, 2.24) is 0 Å². The van der Waals surface area contributed by atoms with E-state index < -0.39 is 22.7 Å². The van der Waals surface area contributed by atoms with E-state index in [4.69, 9.17) is 0 Å². The summed E-state index contributed by atoms with van der Waals surface area (Å²) in [7, 11) is 0. The molecule has 1 atom stereocenters. The first-order valence-corrected chi connectivity index (χ1v) is 17.7. The molecule has 0 fully saturated rings. The molecule has 0 bridgehead atoms. The standard InChI is InChI=1S/C45H45NO5/c1-21-23(3)39(47)24(4)22(2)37(21)46(38-40(48)25(5)41(49)43(51)42(38)50)35-20-34-36(28-16-11-10-15-27(28)35)30-19-32-29(18-33(30)45(34,8)9)26-14-12-13-17-31(26)44(32,6)7/h10-16,18-20,31,47-51H,17H2,1-9H3. The molecule has 0 saturated heterocycles. The maximum atomic E-state index is 11.8. The molecule has 5 aromatic carbocycles. The van der Waals surface area contributed by atoms with Crippen molar-refractivity contribution in [3.05, 3.63) is 111 Å². The first kappa shape index (κ1) is 32.8. The molecule has 0 saturated carbocycles. The lowest BCUT2D eigenvalue weighted by molar-refractivity contribution is 0.359. The molecule has 0 radical (unpaired) electrons. The van der Waals surface area contributed by atoms with Crippen LogP contribution in [0.1, 0.15) is 84.2 Å². The first-order chi connectivity index (χ1) is 24.0. The predicted molar refractivity (Wildman–Crippen MR) is 206 cm³/mol. The predicted octanol–water partition coefficient (Wildman–Crippen LogP) is 10.9. The van der Waals surface area contributed by atoms with Gasteiger partial charge in [0.25, 0.3) is 0 Å². The number of aromatic hydroxyl groups is 5. The minimum absolute atomic E-state index is 0.0299. The van der Waals surface area contributed by atoms with Gasteiger partial charge in [-0.15, -0.1) is 0 Å². The third kappa shape index (κ3) is 4.10. The molecule has 1 unspecified atom stereocenters. The SMILES string of the molecule is Cc1c(C)c(N(c2c(O)c(C)c(O)c(O)c2O)c2cc3c(c4ccccc24)-c2cc4c(cc2C3(C)C)C2=CC=CCC2C4(C)C)c(C)c(C)c1O. The molecule has 0 aromatic heterocycles. The van der Waals surface area contributed by atoms with Crippen molar-refractivity contribution < 1.29 is 25.5 Å². The van der Waals surface area contributed by atoms with Crippen LogP contribution in [-0.2, 0) is 10.8 Å². The van der Waals surface area contributed by atoms with Crippen LogP contribution in [0, 0.1) is 40.5 Å². The van der Waals surface area contributed by atoms with Crippen LogP contribution >= 0.6 is 0 Å². The van der Waals surface area contributed by atoms with Gasteiger partial charge in [0.05, 0.1) is 11.4 Å². The molecular weight excluding hydrogens is 634 g/mol. The zero-order valence-corrected chi connectivity index (χ0v) is 30.7. The summed E-state index contributed by atoms with van der Waals surface area (Å²) in [5, 5.41) is 58.1. The van der Waals surface area contributed by atoms with Crippen molar-refractivity contribution in [3.8, 4) is 39.9 Å². The molecule has 5 aromatic rings. The Morgan fingerprint density at radius 2 is 1.24 bits per heavy atom. The second-order valence-corrected chi connectivity index (χ2v) is 15.9. The second-order valence-electron chi connectivity index (χ2n) is 15.9. The smallest absolute Gasteiger partial charge is 0.203 e. The Hall–Kier alpha value is -5.36. The van der Waals surface area contributed by atoms with Crippen LogP contribution in [0.2, 0.25) is 0 Å². The number of rotatable bonds is 3. The zero-order valence-electron chi connectivity index (χ0n) is 30.7. The zero-order chi connectivity index (χ0) is 36.6. The van der Waals surface area contributed by atoms with Gasteiger partial charge in [-0.1, -0.05) is 70.2 Å². The van der Waals surface area contributed by atoms with E-state index in [2.05, 4.69) is 76.3 Å². The number of hydrogen-bond acceptors (Lipinski definition) is 6. The summed E-state index contributed by atoms with van der Waals surface area (Å²) in [6, 6.07) is 15.2. The quantitative estimate of drug-likeness (QED) is 0.0960. The number of hydrogen-bond donors (Lipinski definition) is 5. The Kier molecular flexibility index (Phi) is 6.81. The second kappa shape index (κ2) is 10.6. The van der Waals surface area contributed by atoms with Crippen molar-refractivity contribution in [2.45, 2.75) is 79.6 Å². The number of phenolic OH excluding ortho intramolecular Hbond substituents is 5. The van der Waals surface area contributed by atoms with Gasteiger partial charge in [-0.25, -0.2) is 0 Å². The highest BCUT2D eigenvalue weighted by Gasteiger charge is 2.46. The van der Waals surface area contributed by atoms with Crippen LogP contribution < -0.4 is 4.90 Å². The van der Waals surface area contributed by atoms with Crippen molar-refractivity contribution in [3.63, 3.8) is 0 Å². The maximum Gasteiger partial charge on any atom is 0.203 e. The molecule has 0 heterocycles. The lowest BCUT2D eigenvalue weighted by Gasteiger charge is -2.34. The number of fused-ring (bicyclic) bond motifs is 8. The Bertz CT molecular complexity index is 2330. The molecular formula is C45H45NO5. The highest BCUT2D eigenvalue weighted by atomic mass is 16.3. The van der Waals surface area contributed by atoms with Gasteiger partial charge in [0.2, 0.25) is 5.75 Å². The average molecular weight is 680 g/mol. The van der Waals surface area contributed by atoms with Crippen LogP contribution in [0.15, 0.2) is 60.7 Å². The minimum atomic E-state index is -0.715. The number of nitrogens with zero attached hydrogens (tertiary/aromatic N) is 1. The van der Waals surface area contributed by atoms with Gasteiger partial charge in [0, 0.05) is 16.4 Å². The molecule has 0 amide bonds.